The van der Waals surface area contributed by atoms with Crippen molar-refractivity contribution in [2.45, 2.75) is 20.8 Å². The van der Waals surface area contributed by atoms with E-state index in [1.165, 1.54) is 0 Å². The van der Waals surface area contributed by atoms with Crippen LogP contribution in [-0.2, 0) is 9.53 Å². The number of piperazine rings is 1. The summed E-state index contributed by atoms with van der Waals surface area (Å²) in [5.74, 6) is 1.87. The van der Waals surface area contributed by atoms with Crippen LogP contribution in [0.5, 0.6) is 11.5 Å². The van der Waals surface area contributed by atoms with Crippen LogP contribution in [0.25, 0.3) is 0 Å². The van der Waals surface area contributed by atoms with Gasteiger partial charge in [-0.15, -0.1) is 0 Å². The number of anilines is 2. The number of nitrogen functional groups attached to an aromatic ring is 1. The zero-order valence-corrected chi connectivity index (χ0v) is 18.4. The van der Waals surface area contributed by atoms with Gasteiger partial charge in [0.15, 0.2) is 11.6 Å². The van der Waals surface area contributed by atoms with Gasteiger partial charge in [0.1, 0.15) is 12.4 Å². The number of carbonyl (C=O) groups is 1. The predicted octanol–water partition coefficient (Wildman–Crippen LogP) is 3.22. The van der Waals surface area contributed by atoms with E-state index in [9.17, 15) is 4.79 Å². The van der Waals surface area contributed by atoms with Crippen LogP contribution in [0.4, 0.5) is 11.8 Å². The number of nitrogens with zero attached hydrogens (tertiary/aromatic N) is 4. The number of nitrogens with two attached hydrogens (primary N) is 1. The van der Waals surface area contributed by atoms with E-state index in [-0.39, 0.29) is 11.9 Å². The lowest BCUT2D eigenvalue weighted by atomic mass is 9.97. The number of carbonyl (C=O) groups excluding carboxylic acids is 1. The first kappa shape index (κ1) is 22.1. The predicted molar refractivity (Wildman–Crippen MR) is 117 cm³/mol. The Morgan fingerprint density at radius 2 is 1.83 bits per heavy atom. The minimum atomic E-state index is -0.480. The summed E-state index contributed by atoms with van der Waals surface area (Å²) in [6.07, 6.45) is 1.59. The SMILES string of the molecule is CC(C)(C)C(=O)OCCN1CCN(c2nc(N)ncc2Oc2ccc(Cl)cc2)CC1. The lowest BCUT2D eigenvalue weighted by Crippen LogP contribution is -2.48. The molecular weight excluding hydrogens is 406 g/mol. The van der Waals surface area contributed by atoms with Gasteiger partial charge >= 0.3 is 5.97 Å². The lowest BCUT2D eigenvalue weighted by Gasteiger charge is -2.35. The molecule has 1 aliphatic rings. The van der Waals surface area contributed by atoms with E-state index in [0.717, 1.165) is 26.2 Å². The lowest BCUT2D eigenvalue weighted by molar-refractivity contribution is -0.153. The summed E-state index contributed by atoms with van der Waals surface area (Å²) < 4.78 is 11.3. The van der Waals surface area contributed by atoms with Crippen LogP contribution in [0, 0.1) is 5.41 Å². The van der Waals surface area contributed by atoms with Crippen molar-refractivity contribution < 1.29 is 14.3 Å². The van der Waals surface area contributed by atoms with E-state index in [0.29, 0.717) is 35.5 Å². The summed E-state index contributed by atoms with van der Waals surface area (Å²) in [4.78, 5) is 24.7. The molecule has 0 unspecified atom stereocenters. The molecule has 0 amide bonds. The maximum Gasteiger partial charge on any atom is 0.311 e. The monoisotopic (exact) mass is 433 g/mol. The molecule has 8 nitrogen and oxygen atoms in total. The molecule has 0 atom stereocenters. The number of benzene rings is 1. The molecule has 0 aliphatic carbocycles. The van der Waals surface area contributed by atoms with E-state index < -0.39 is 5.41 Å². The molecule has 1 aromatic carbocycles. The first-order valence-corrected chi connectivity index (χ1v) is 10.3. The minimum absolute atomic E-state index is 0.179. The second-order valence-electron chi connectivity index (χ2n) is 8.19. The Balaban J connectivity index is 1.58. The highest BCUT2D eigenvalue weighted by Crippen LogP contribution is 2.31. The number of aromatic nitrogens is 2. The van der Waals surface area contributed by atoms with Crippen LogP contribution in [-0.4, -0.2) is 60.2 Å². The fourth-order valence-electron chi connectivity index (χ4n) is 2.97. The summed E-state index contributed by atoms with van der Waals surface area (Å²) in [6.45, 7) is 9.79. The van der Waals surface area contributed by atoms with E-state index >= 15 is 0 Å². The highest BCUT2D eigenvalue weighted by Gasteiger charge is 2.25. The standard InChI is InChI=1S/C21H28ClN5O3/c1-21(2,3)19(28)29-13-12-26-8-10-27(11-9-26)18-17(14-24-20(23)25-18)30-16-6-4-15(22)5-7-16/h4-7,14H,8-13H2,1-3H3,(H2,23,24,25). The van der Waals surface area contributed by atoms with Gasteiger partial charge in [-0.05, 0) is 45.0 Å². The van der Waals surface area contributed by atoms with Crippen molar-refractivity contribution in [3.63, 3.8) is 0 Å². The van der Waals surface area contributed by atoms with Gasteiger partial charge in [0.05, 0.1) is 11.6 Å². The Morgan fingerprint density at radius 3 is 2.47 bits per heavy atom. The molecule has 30 heavy (non-hydrogen) atoms. The second kappa shape index (κ2) is 9.49. The number of rotatable bonds is 6. The molecule has 2 aromatic rings. The summed E-state index contributed by atoms with van der Waals surface area (Å²) in [5.41, 5.74) is 5.34. The maximum absolute atomic E-state index is 11.9. The maximum atomic E-state index is 11.9. The molecule has 162 valence electrons. The largest absolute Gasteiger partial charge is 0.464 e. The van der Waals surface area contributed by atoms with Gasteiger partial charge in [-0.3, -0.25) is 9.69 Å². The van der Waals surface area contributed by atoms with Crippen molar-refractivity contribution >= 4 is 29.3 Å². The van der Waals surface area contributed by atoms with Crippen LogP contribution in [0.15, 0.2) is 30.5 Å². The molecule has 0 spiro atoms. The van der Waals surface area contributed by atoms with Crippen LogP contribution in [0.1, 0.15) is 20.8 Å². The van der Waals surface area contributed by atoms with E-state index in [1.54, 1.807) is 30.5 Å². The zero-order valence-electron chi connectivity index (χ0n) is 17.6. The molecule has 0 saturated carbocycles. The average Bonchev–Trinajstić information content (AvgIpc) is 2.71. The average molecular weight is 434 g/mol. The molecule has 1 fully saturated rings. The highest BCUT2D eigenvalue weighted by molar-refractivity contribution is 6.30. The van der Waals surface area contributed by atoms with E-state index in [1.807, 2.05) is 20.8 Å². The first-order valence-electron chi connectivity index (χ1n) is 9.93. The summed E-state index contributed by atoms with van der Waals surface area (Å²) >= 11 is 5.94. The molecule has 1 saturated heterocycles. The zero-order chi connectivity index (χ0) is 21.7. The molecule has 1 aliphatic heterocycles. The third-order valence-corrected chi connectivity index (χ3v) is 4.97. The molecule has 2 N–H and O–H groups in total. The van der Waals surface area contributed by atoms with Crippen molar-refractivity contribution in [2.75, 3.05) is 50.0 Å². The molecule has 3 rings (SSSR count). The molecular formula is C21H28ClN5O3. The second-order valence-corrected chi connectivity index (χ2v) is 8.62. The Hall–Kier alpha value is -2.58. The highest BCUT2D eigenvalue weighted by atomic mass is 35.5. The van der Waals surface area contributed by atoms with Crippen molar-refractivity contribution in [2.24, 2.45) is 5.41 Å². The van der Waals surface area contributed by atoms with Gasteiger partial charge in [0.25, 0.3) is 0 Å². The first-order chi connectivity index (χ1) is 14.2. The van der Waals surface area contributed by atoms with Crippen LogP contribution in [0.3, 0.4) is 0 Å². The van der Waals surface area contributed by atoms with Gasteiger partial charge < -0.3 is 20.1 Å². The van der Waals surface area contributed by atoms with Gasteiger partial charge in [-0.1, -0.05) is 11.6 Å². The Kier molecular flexibility index (Phi) is 6.99. The summed E-state index contributed by atoms with van der Waals surface area (Å²) in [7, 11) is 0. The third kappa shape index (κ3) is 5.96. The fourth-order valence-corrected chi connectivity index (χ4v) is 3.10. The normalized spacial score (nSPS) is 15.1. The van der Waals surface area contributed by atoms with Gasteiger partial charge in [-0.2, -0.15) is 4.98 Å². The number of hydrogen-bond acceptors (Lipinski definition) is 8. The smallest absolute Gasteiger partial charge is 0.311 e. The van der Waals surface area contributed by atoms with Crippen molar-refractivity contribution in [3.8, 4) is 11.5 Å². The number of esters is 1. The van der Waals surface area contributed by atoms with Gasteiger partial charge in [0, 0.05) is 37.7 Å². The molecule has 1 aromatic heterocycles. The molecule has 2 heterocycles. The Labute approximate surface area is 181 Å². The quantitative estimate of drug-likeness (QED) is 0.694. The molecule has 9 heteroatoms. The Bertz CT molecular complexity index is 862. The van der Waals surface area contributed by atoms with Crippen LogP contribution < -0.4 is 15.4 Å². The van der Waals surface area contributed by atoms with Crippen LogP contribution >= 0.6 is 11.6 Å². The fraction of sp³-hybridized carbons (Fsp3) is 0.476. The number of ether oxygens (including phenoxy) is 2. The van der Waals surface area contributed by atoms with Crippen molar-refractivity contribution in [1.82, 2.24) is 14.9 Å². The van der Waals surface area contributed by atoms with Gasteiger partial charge in [-0.25, -0.2) is 4.98 Å². The van der Waals surface area contributed by atoms with Gasteiger partial charge in [0.2, 0.25) is 5.95 Å². The van der Waals surface area contributed by atoms with Crippen LogP contribution in [0.2, 0.25) is 5.02 Å². The summed E-state index contributed by atoms with van der Waals surface area (Å²) in [5, 5.41) is 0.639. The number of hydrogen-bond donors (Lipinski definition) is 1. The van der Waals surface area contributed by atoms with Crippen molar-refractivity contribution in [1.29, 1.82) is 0 Å². The topological polar surface area (TPSA) is 93.8 Å². The minimum Gasteiger partial charge on any atom is -0.464 e. The molecule has 0 bridgehead atoms. The van der Waals surface area contributed by atoms with E-state index in [2.05, 4.69) is 19.8 Å². The third-order valence-electron chi connectivity index (χ3n) is 4.72. The Morgan fingerprint density at radius 1 is 1.17 bits per heavy atom. The number of halogens is 1. The summed E-state index contributed by atoms with van der Waals surface area (Å²) in [6, 6.07) is 7.11. The van der Waals surface area contributed by atoms with E-state index in [4.69, 9.17) is 26.8 Å². The van der Waals surface area contributed by atoms with Crippen molar-refractivity contribution in [3.05, 3.63) is 35.5 Å². The molecule has 0 radical (unpaired) electrons.